The molecule has 1 fully saturated rings. The first-order chi connectivity index (χ1) is 6.88. The van der Waals surface area contributed by atoms with Crippen LogP contribution in [0.3, 0.4) is 0 Å². The number of rotatable bonds is 3. The van der Waals surface area contributed by atoms with E-state index in [1.54, 1.807) is 0 Å². The van der Waals surface area contributed by atoms with Gasteiger partial charge in [0, 0.05) is 19.0 Å². The molecule has 0 spiro atoms. The number of terminal acetylenes is 1. The second kappa shape index (κ2) is 6.46. The molecule has 2 nitrogen and oxygen atoms in total. The van der Waals surface area contributed by atoms with Crippen LogP contribution in [0.15, 0.2) is 0 Å². The van der Waals surface area contributed by atoms with E-state index in [2.05, 4.69) is 17.3 Å². The molecule has 2 heteroatoms. The number of hydrogen-bond acceptors (Lipinski definition) is 2. The first-order valence-electron chi connectivity index (χ1n) is 5.45. The summed E-state index contributed by atoms with van der Waals surface area (Å²) in [6.45, 7) is 0.847. The van der Waals surface area contributed by atoms with Crippen molar-refractivity contribution < 1.29 is 0 Å². The summed E-state index contributed by atoms with van der Waals surface area (Å²) in [5.41, 5.74) is 0. The second-order valence-electron chi connectivity index (χ2n) is 3.89. The van der Waals surface area contributed by atoms with Crippen LogP contribution in [0.25, 0.3) is 0 Å². The summed E-state index contributed by atoms with van der Waals surface area (Å²) in [4.78, 5) is 0. The van der Waals surface area contributed by atoms with Crippen molar-refractivity contribution in [3.63, 3.8) is 0 Å². The van der Waals surface area contributed by atoms with Gasteiger partial charge in [0.25, 0.3) is 0 Å². The maximum absolute atomic E-state index is 9.01. The normalized spacial score (nSPS) is 27.3. The van der Waals surface area contributed by atoms with Gasteiger partial charge in [-0.2, -0.15) is 5.26 Å². The molecule has 0 aromatic rings. The van der Waals surface area contributed by atoms with Gasteiger partial charge in [0.2, 0.25) is 0 Å². The van der Waals surface area contributed by atoms with Crippen molar-refractivity contribution in [2.75, 3.05) is 6.54 Å². The Morgan fingerprint density at radius 3 is 2.79 bits per heavy atom. The van der Waals surface area contributed by atoms with E-state index in [1.165, 1.54) is 19.3 Å². The van der Waals surface area contributed by atoms with E-state index in [0.717, 1.165) is 25.8 Å². The van der Waals surface area contributed by atoms with Gasteiger partial charge < -0.3 is 5.32 Å². The minimum absolute atomic E-state index is 0.190. The predicted molar refractivity (Wildman–Crippen MR) is 57.4 cm³/mol. The zero-order valence-electron chi connectivity index (χ0n) is 8.63. The van der Waals surface area contributed by atoms with E-state index in [4.69, 9.17) is 11.7 Å². The molecular weight excluding hydrogens is 172 g/mol. The van der Waals surface area contributed by atoms with E-state index in [-0.39, 0.29) is 5.92 Å². The van der Waals surface area contributed by atoms with E-state index in [9.17, 15) is 0 Å². The van der Waals surface area contributed by atoms with Crippen LogP contribution in [0, 0.1) is 29.6 Å². The molecule has 1 aliphatic carbocycles. The molecule has 0 aromatic heterocycles. The van der Waals surface area contributed by atoms with Crippen LogP contribution in [-0.2, 0) is 0 Å². The predicted octanol–water partition coefficient (Wildman–Crippen LogP) is 2.07. The molecule has 1 aliphatic rings. The molecule has 0 radical (unpaired) electrons. The highest BCUT2D eigenvalue weighted by atomic mass is 14.9. The fourth-order valence-electron chi connectivity index (χ4n) is 2.04. The molecule has 0 heterocycles. The summed E-state index contributed by atoms with van der Waals surface area (Å²) >= 11 is 0. The van der Waals surface area contributed by atoms with Crippen LogP contribution < -0.4 is 5.32 Å². The molecule has 0 aromatic carbocycles. The Morgan fingerprint density at radius 1 is 1.29 bits per heavy atom. The summed E-state index contributed by atoms with van der Waals surface area (Å²) in [6.07, 6.45) is 11.8. The Morgan fingerprint density at radius 2 is 2.07 bits per heavy atom. The smallest absolute Gasteiger partial charge is 0.0672 e. The highest BCUT2D eigenvalue weighted by Gasteiger charge is 2.22. The Balaban J connectivity index is 2.38. The Labute approximate surface area is 86.7 Å². The van der Waals surface area contributed by atoms with Gasteiger partial charge in [-0.1, -0.05) is 19.3 Å². The van der Waals surface area contributed by atoms with Crippen molar-refractivity contribution in [3.05, 3.63) is 0 Å². The molecule has 0 saturated heterocycles. The summed E-state index contributed by atoms with van der Waals surface area (Å²) < 4.78 is 0. The first kappa shape index (κ1) is 11.1. The lowest BCUT2D eigenvalue weighted by Gasteiger charge is -2.20. The third-order valence-electron chi connectivity index (χ3n) is 2.86. The van der Waals surface area contributed by atoms with Gasteiger partial charge in [-0.3, -0.25) is 0 Å². The topological polar surface area (TPSA) is 35.8 Å². The van der Waals surface area contributed by atoms with Crippen LogP contribution in [0.1, 0.15) is 38.5 Å². The second-order valence-corrected chi connectivity index (χ2v) is 3.89. The van der Waals surface area contributed by atoms with Crippen molar-refractivity contribution in [1.29, 1.82) is 5.26 Å². The Kier molecular flexibility index (Phi) is 5.12. The fourth-order valence-corrected chi connectivity index (χ4v) is 2.04. The summed E-state index contributed by atoms with van der Waals surface area (Å²) in [7, 11) is 0. The van der Waals surface area contributed by atoms with E-state index >= 15 is 0 Å². The molecule has 1 saturated carbocycles. The van der Waals surface area contributed by atoms with Crippen molar-refractivity contribution in [1.82, 2.24) is 5.32 Å². The number of nitrogens with zero attached hydrogens (tertiary/aromatic N) is 1. The zero-order chi connectivity index (χ0) is 10.2. The van der Waals surface area contributed by atoms with Gasteiger partial charge in [-0.25, -0.2) is 0 Å². The lowest BCUT2D eigenvalue weighted by atomic mass is 9.96. The molecular formula is C12H18N2. The highest BCUT2D eigenvalue weighted by molar-refractivity contribution is 4.94. The molecule has 0 bridgehead atoms. The van der Waals surface area contributed by atoms with Gasteiger partial charge in [-0.05, 0) is 12.8 Å². The summed E-state index contributed by atoms with van der Waals surface area (Å²) in [5.74, 6) is 2.80. The first-order valence-corrected chi connectivity index (χ1v) is 5.45. The number of nitrogens with one attached hydrogen (secondary N) is 1. The molecule has 0 aliphatic heterocycles. The average Bonchev–Trinajstić information content (AvgIpc) is 2.43. The van der Waals surface area contributed by atoms with Crippen molar-refractivity contribution >= 4 is 0 Å². The maximum atomic E-state index is 9.01. The Hall–Kier alpha value is -0.990. The molecule has 14 heavy (non-hydrogen) atoms. The van der Waals surface area contributed by atoms with Crippen LogP contribution >= 0.6 is 0 Å². The van der Waals surface area contributed by atoms with Crippen LogP contribution in [-0.4, -0.2) is 12.6 Å². The minimum atomic E-state index is 0.190. The van der Waals surface area contributed by atoms with E-state index < -0.39 is 0 Å². The standard InChI is InChI=1S/C12H18N2/c1-2-3-9-14-12-8-6-4-5-7-11(12)10-13/h1,11-12,14H,3-9H2. The number of nitriles is 1. The fraction of sp³-hybridized carbons (Fsp3) is 0.750. The molecule has 2 unspecified atom stereocenters. The van der Waals surface area contributed by atoms with Crippen molar-refractivity contribution in [2.24, 2.45) is 5.92 Å². The molecule has 2 atom stereocenters. The van der Waals surface area contributed by atoms with Crippen LogP contribution in [0.5, 0.6) is 0 Å². The number of hydrogen-bond donors (Lipinski definition) is 1. The molecule has 1 N–H and O–H groups in total. The van der Waals surface area contributed by atoms with Crippen molar-refractivity contribution in [3.8, 4) is 18.4 Å². The minimum Gasteiger partial charge on any atom is -0.312 e. The zero-order valence-corrected chi connectivity index (χ0v) is 8.63. The third-order valence-corrected chi connectivity index (χ3v) is 2.86. The van der Waals surface area contributed by atoms with Gasteiger partial charge in [0.15, 0.2) is 0 Å². The molecule has 0 amide bonds. The van der Waals surface area contributed by atoms with Crippen LogP contribution in [0.4, 0.5) is 0 Å². The summed E-state index contributed by atoms with van der Waals surface area (Å²) in [6, 6.07) is 2.78. The molecule has 76 valence electrons. The molecule has 1 rings (SSSR count). The van der Waals surface area contributed by atoms with Gasteiger partial charge in [0.05, 0.1) is 12.0 Å². The van der Waals surface area contributed by atoms with E-state index in [1.807, 2.05) is 0 Å². The third kappa shape index (κ3) is 3.40. The van der Waals surface area contributed by atoms with Gasteiger partial charge in [-0.15, -0.1) is 12.3 Å². The van der Waals surface area contributed by atoms with E-state index in [0.29, 0.717) is 6.04 Å². The monoisotopic (exact) mass is 190 g/mol. The SMILES string of the molecule is C#CCCNC1CCCCCC1C#N. The summed E-state index contributed by atoms with van der Waals surface area (Å²) in [5, 5.41) is 12.4. The average molecular weight is 190 g/mol. The van der Waals surface area contributed by atoms with Crippen molar-refractivity contribution in [2.45, 2.75) is 44.6 Å². The largest absolute Gasteiger partial charge is 0.312 e. The quantitative estimate of drug-likeness (QED) is 0.420. The lowest BCUT2D eigenvalue weighted by Crippen LogP contribution is -2.35. The van der Waals surface area contributed by atoms with Gasteiger partial charge >= 0.3 is 0 Å². The Bertz CT molecular complexity index is 234. The van der Waals surface area contributed by atoms with Gasteiger partial charge in [0.1, 0.15) is 0 Å². The maximum Gasteiger partial charge on any atom is 0.0672 e. The lowest BCUT2D eigenvalue weighted by molar-refractivity contribution is 0.399. The van der Waals surface area contributed by atoms with Crippen LogP contribution in [0.2, 0.25) is 0 Å². The highest BCUT2D eigenvalue weighted by Crippen LogP contribution is 2.22.